The molecule has 3 rings (SSSR count). The van der Waals surface area contributed by atoms with Crippen molar-refractivity contribution in [2.75, 3.05) is 39.3 Å². The smallest absolute Gasteiger partial charge is 0.157 e. The number of ether oxygens (including phenoxy) is 1. The van der Waals surface area contributed by atoms with Crippen LogP contribution in [0.25, 0.3) is 0 Å². The van der Waals surface area contributed by atoms with E-state index in [9.17, 15) is 4.39 Å². The molecule has 1 heterocycles. The molecule has 0 saturated carbocycles. The summed E-state index contributed by atoms with van der Waals surface area (Å²) in [5.41, 5.74) is 1.06. The molecule has 3 nitrogen and oxygen atoms in total. The minimum absolute atomic E-state index is 0. The minimum atomic E-state index is -0.893. The van der Waals surface area contributed by atoms with Gasteiger partial charge < -0.3 is 4.74 Å². The fraction of sp³-hybridized carbons (Fsp3) is 0.400. The summed E-state index contributed by atoms with van der Waals surface area (Å²) in [7, 11) is 0. The normalized spacial score (nSPS) is 16.2. The Kier molecular flexibility index (Phi) is 10.6. The zero-order valence-corrected chi connectivity index (χ0v) is 16.4. The van der Waals surface area contributed by atoms with E-state index in [1.165, 1.54) is 0 Å². The van der Waals surface area contributed by atoms with E-state index in [4.69, 9.17) is 4.74 Å². The quantitative estimate of drug-likeness (QED) is 0.651. The first kappa shape index (κ1) is 22.7. The second-order valence-corrected chi connectivity index (χ2v) is 6.16. The van der Waals surface area contributed by atoms with Crippen molar-refractivity contribution in [3.63, 3.8) is 0 Å². The van der Waals surface area contributed by atoms with Crippen molar-refractivity contribution >= 4 is 24.8 Å². The molecule has 6 heteroatoms. The summed E-state index contributed by atoms with van der Waals surface area (Å²) in [4.78, 5) is 4.29. The Morgan fingerprint density at radius 3 is 2.04 bits per heavy atom. The summed E-state index contributed by atoms with van der Waals surface area (Å²) in [6, 6.07) is 19.7. The lowest BCUT2D eigenvalue weighted by Gasteiger charge is -2.36. The number of halogens is 3. The van der Waals surface area contributed by atoms with E-state index in [0.717, 1.165) is 44.0 Å². The van der Waals surface area contributed by atoms with Crippen LogP contribution in [0.5, 0.6) is 5.75 Å². The van der Waals surface area contributed by atoms with Crippen LogP contribution in [0.4, 0.5) is 4.39 Å². The highest BCUT2D eigenvalue weighted by Gasteiger charge is 2.23. The van der Waals surface area contributed by atoms with Crippen LogP contribution < -0.4 is 4.74 Å². The topological polar surface area (TPSA) is 15.7 Å². The van der Waals surface area contributed by atoms with Gasteiger partial charge in [0.1, 0.15) is 12.4 Å². The van der Waals surface area contributed by atoms with Crippen LogP contribution in [-0.4, -0.2) is 55.4 Å². The summed E-state index contributed by atoms with van der Waals surface area (Å²) >= 11 is 0. The Bertz CT molecular complexity index is 595. The molecule has 0 spiro atoms. The molecule has 1 fully saturated rings. The van der Waals surface area contributed by atoms with E-state index in [2.05, 4.69) is 4.90 Å². The average molecular weight is 401 g/mol. The molecule has 0 N–H and O–H groups in total. The lowest BCUT2D eigenvalue weighted by atomic mass is 10.1. The molecule has 26 heavy (non-hydrogen) atoms. The molecule has 0 aliphatic carbocycles. The molecule has 1 unspecified atom stereocenters. The van der Waals surface area contributed by atoms with Gasteiger partial charge in [0.05, 0.1) is 0 Å². The predicted octanol–water partition coefficient (Wildman–Crippen LogP) is 4.06. The third kappa shape index (κ3) is 7.12. The highest BCUT2D eigenvalue weighted by molar-refractivity contribution is 5.85. The van der Waals surface area contributed by atoms with Crippen LogP contribution in [0.3, 0.4) is 0 Å². The summed E-state index contributed by atoms with van der Waals surface area (Å²) in [6.45, 7) is 4.91. The van der Waals surface area contributed by atoms with Crippen LogP contribution in [0.2, 0.25) is 0 Å². The van der Waals surface area contributed by atoms with E-state index < -0.39 is 6.30 Å². The molecular formula is C20H27Cl2FN2O. The van der Waals surface area contributed by atoms with Gasteiger partial charge >= 0.3 is 0 Å². The standard InChI is InChI=1S/C20H25FN2O.2ClH/c21-20(17-18-7-3-1-4-8-18)23-13-11-22(12-14-23)15-16-24-19-9-5-2-6-10-19;;/h1-10,20H,11-17H2;2*1H. The molecular weight excluding hydrogens is 374 g/mol. The van der Waals surface area contributed by atoms with Gasteiger partial charge in [-0.05, 0) is 17.7 Å². The molecule has 1 aliphatic rings. The maximum absolute atomic E-state index is 14.5. The Labute approximate surface area is 168 Å². The van der Waals surface area contributed by atoms with Crippen LogP contribution in [0.1, 0.15) is 5.56 Å². The largest absolute Gasteiger partial charge is 0.492 e. The molecule has 0 amide bonds. The second-order valence-electron chi connectivity index (χ2n) is 6.16. The monoisotopic (exact) mass is 400 g/mol. The highest BCUT2D eigenvalue weighted by atomic mass is 35.5. The van der Waals surface area contributed by atoms with Gasteiger partial charge in [-0.2, -0.15) is 0 Å². The number of alkyl halides is 1. The molecule has 0 radical (unpaired) electrons. The van der Waals surface area contributed by atoms with Crippen molar-refractivity contribution < 1.29 is 9.13 Å². The van der Waals surface area contributed by atoms with Crippen molar-refractivity contribution in [2.45, 2.75) is 12.7 Å². The van der Waals surface area contributed by atoms with Crippen LogP contribution in [-0.2, 0) is 6.42 Å². The summed E-state index contributed by atoms with van der Waals surface area (Å²) < 4.78 is 20.2. The van der Waals surface area contributed by atoms with Crippen LogP contribution in [0, 0.1) is 0 Å². The zero-order valence-electron chi connectivity index (χ0n) is 14.8. The molecule has 1 atom stereocenters. The average Bonchev–Trinajstić information content (AvgIpc) is 2.64. The van der Waals surface area contributed by atoms with Crippen molar-refractivity contribution in [3.8, 4) is 5.75 Å². The van der Waals surface area contributed by atoms with Gasteiger partial charge in [-0.3, -0.25) is 9.80 Å². The number of hydrogen-bond donors (Lipinski definition) is 0. The molecule has 0 bridgehead atoms. The van der Waals surface area contributed by atoms with Gasteiger partial charge in [0.2, 0.25) is 0 Å². The number of para-hydroxylation sites is 1. The van der Waals surface area contributed by atoms with E-state index in [0.29, 0.717) is 13.0 Å². The van der Waals surface area contributed by atoms with Crippen molar-refractivity contribution in [2.24, 2.45) is 0 Å². The third-order valence-electron chi connectivity index (χ3n) is 4.47. The number of nitrogens with zero attached hydrogens (tertiary/aromatic N) is 2. The second kappa shape index (κ2) is 12.1. The molecule has 0 aromatic heterocycles. The first-order valence-electron chi connectivity index (χ1n) is 8.63. The SMILES string of the molecule is Cl.Cl.FC(Cc1ccccc1)N1CCN(CCOc2ccccc2)CC1. The van der Waals surface area contributed by atoms with Gasteiger partial charge in [-0.25, -0.2) is 4.39 Å². The predicted molar refractivity (Wildman–Crippen MR) is 109 cm³/mol. The lowest BCUT2D eigenvalue weighted by molar-refractivity contribution is 0.0287. The Morgan fingerprint density at radius 2 is 1.42 bits per heavy atom. The zero-order chi connectivity index (χ0) is 16.6. The minimum Gasteiger partial charge on any atom is -0.492 e. The van der Waals surface area contributed by atoms with Gasteiger partial charge in [0, 0.05) is 39.1 Å². The summed E-state index contributed by atoms with van der Waals surface area (Å²) in [5, 5.41) is 0. The first-order chi connectivity index (χ1) is 11.8. The van der Waals surface area contributed by atoms with Gasteiger partial charge in [-0.1, -0.05) is 48.5 Å². The van der Waals surface area contributed by atoms with Gasteiger partial charge in [-0.15, -0.1) is 24.8 Å². The van der Waals surface area contributed by atoms with E-state index in [-0.39, 0.29) is 24.8 Å². The lowest BCUT2D eigenvalue weighted by Crippen LogP contribution is -2.50. The number of piperazine rings is 1. The fourth-order valence-electron chi connectivity index (χ4n) is 3.01. The number of rotatable bonds is 7. The Balaban J connectivity index is 0.00000169. The molecule has 1 aliphatic heterocycles. The highest BCUT2D eigenvalue weighted by Crippen LogP contribution is 2.13. The molecule has 144 valence electrons. The Morgan fingerprint density at radius 1 is 0.846 bits per heavy atom. The van der Waals surface area contributed by atoms with Crippen molar-refractivity contribution in [1.29, 1.82) is 0 Å². The Hall–Kier alpha value is -1.33. The first-order valence-corrected chi connectivity index (χ1v) is 8.63. The van der Waals surface area contributed by atoms with E-state index >= 15 is 0 Å². The fourth-order valence-corrected chi connectivity index (χ4v) is 3.01. The molecule has 2 aromatic rings. The van der Waals surface area contributed by atoms with Gasteiger partial charge in [0.25, 0.3) is 0 Å². The maximum Gasteiger partial charge on any atom is 0.157 e. The molecule has 2 aromatic carbocycles. The van der Waals surface area contributed by atoms with Crippen molar-refractivity contribution in [3.05, 3.63) is 66.2 Å². The third-order valence-corrected chi connectivity index (χ3v) is 4.47. The van der Waals surface area contributed by atoms with Crippen LogP contribution >= 0.6 is 24.8 Å². The number of benzene rings is 2. The van der Waals surface area contributed by atoms with E-state index in [1.807, 2.05) is 65.6 Å². The molecule has 1 saturated heterocycles. The summed E-state index contributed by atoms with van der Waals surface area (Å²) in [5.74, 6) is 0.905. The number of hydrogen-bond acceptors (Lipinski definition) is 3. The maximum atomic E-state index is 14.5. The summed E-state index contributed by atoms with van der Waals surface area (Å²) in [6.07, 6.45) is -0.423. The van der Waals surface area contributed by atoms with Crippen molar-refractivity contribution in [1.82, 2.24) is 9.80 Å². The van der Waals surface area contributed by atoms with Gasteiger partial charge in [0.15, 0.2) is 6.30 Å². The van der Waals surface area contributed by atoms with E-state index in [1.54, 1.807) is 0 Å². The van der Waals surface area contributed by atoms with Crippen LogP contribution in [0.15, 0.2) is 60.7 Å².